The van der Waals surface area contributed by atoms with E-state index in [4.69, 9.17) is 0 Å². The highest BCUT2D eigenvalue weighted by molar-refractivity contribution is 5.79. The number of nitro benzene ring substituents is 1. The van der Waals surface area contributed by atoms with Crippen LogP contribution in [0.15, 0.2) is 33.7 Å². The Morgan fingerprint density at radius 2 is 1.94 bits per heavy atom. The van der Waals surface area contributed by atoms with Crippen LogP contribution in [0.25, 0.3) is 11.0 Å². The topological polar surface area (TPSA) is 73.3 Å². The summed E-state index contributed by atoms with van der Waals surface area (Å²) in [4.78, 5) is 21.2. The van der Waals surface area contributed by atoms with Gasteiger partial charge in [0.25, 0.3) is 5.69 Å². The van der Waals surface area contributed by atoms with Crippen molar-refractivity contribution in [1.82, 2.24) is 0 Å². The predicted molar refractivity (Wildman–Crippen MR) is 54.1 cm³/mol. The maximum atomic E-state index is 12.4. The van der Waals surface area contributed by atoms with Crippen molar-refractivity contribution in [2.24, 2.45) is 0 Å². The number of alkyl halides is 3. The van der Waals surface area contributed by atoms with E-state index < -0.39 is 33.2 Å². The van der Waals surface area contributed by atoms with Gasteiger partial charge in [0.05, 0.1) is 10.3 Å². The van der Waals surface area contributed by atoms with Crippen molar-refractivity contribution < 1.29 is 22.5 Å². The Kier molecular flexibility index (Phi) is 2.57. The fourth-order valence-corrected chi connectivity index (χ4v) is 1.43. The van der Waals surface area contributed by atoms with Crippen LogP contribution in [0.3, 0.4) is 0 Å². The van der Waals surface area contributed by atoms with Gasteiger partial charge in [0.15, 0.2) is 0 Å². The molecule has 94 valence electrons. The molecule has 0 aliphatic carbocycles. The number of nitrogens with zero attached hydrogens (tertiary/aromatic N) is 1. The molecule has 8 heteroatoms. The van der Waals surface area contributed by atoms with Crippen LogP contribution >= 0.6 is 0 Å². The van der Waals surface area contributed by atoms with E-state index in [-0.39, 0.29) is 5.58 Å². The second-order valence-electron chi connectivity index (χ2n) is 3.41. The van der Waals surface area contributed by atoms with Crippen molar-refractivity contribution in [2.45, 2.75) is 6.18 Å². The highest BCUT2D eigenvalue weighted by Crippen LogP contribution is 2.28. The molecule has 0 aliphatic heterocycles. The quantitative estimate of drug-likeness (QED) is 0.583. The molecule has 0 unspecified atom stereocenters. The van der Waals surface area contributed by atoms with E-state index in [0.29, 0.717) is 6.26 Å². The number of hydrogen-bond donors (Lipinski definition) is 0. The molecule has 0 radical (unpaired) electrons. The zero-order chi connectivity index (χ0) is 13.5. The van der Waals surface area contributed by atoms with Crippen LogP contribution in [0.2, 0.25) is 0 Å². The van der Waals surface area contributed by atoms with Crippen LogP contribution in [0.4, 0.5) is 18.9 Å². The summed E-state index contributed by atoms with van der Waals surface area (Å²) in [5, 5.41) is 10.0. The van der Waals surface area contributed by atoms with E-state index >= 15 is 0 Å². The molecule has 0 aliphatic rings. The SMILES string of the molecule is O=c1c(C(F)(F)F)coc2ccc([N+](=O)[O-])cc12. The van der Waals surface area contributed by atoms with Gasteiger partial charge in [-0.3, -0.25) is 14.9 Å². The van der Waals surface area contributed by atoms with E-state index in [1.54, 1.807) is 0 Å². The molecule has 0 saturated carbocycles. The van der Waals surface area contributed by atoms with Gasteiger partial charge in [0, 0.05) is 12.1 Å². The Balaban J connectivity index is 2.80. The second-order valence-corrected chi connectivity index (χ2v) is 3.41. The van der Waals surface area contributed by atoms with Gasteiger partial charge in [0.1, 0.15) is 17.4 Å². The third-order valence-corrected chi connectivity index (χ3v) is 2.27. The summed E-state index contributed by atoms with van der Waals surface area (Å²) in [6.45, 7) is 0. The number of rotatable bonds is 1. The van der Waals surface area contributed by atoms with Gasteiger partial charge in [0.2, 0.25) is 5.43 Å². The standard InChI is InChI=1S/C10H4F3NO4/c11-10(12,13)7-4-18-8-2-1-5(14(16)17)3-6(8)9(7)15/h1-4H. The fraction of sp³-hybridized carbons (Fsp3) is 0.100. The molecule has 5 nitrogen and oxygen atoms in total. The van der Waals surface area contributed by atoms with Crippen LogP contribution in [0.5, 0.6) is 0 Å². The van der Waals surface area contributed by atoms with Crippen LogP contribution in [0, 0.1) is 10.1 Å². The molecule has 2 aromatic rings. The van der Waals surface area contributed by atoms with Crippen molar-refractivity contribution in [3.63, 3.8) is 0 Å². The van der Waals surface area contributed by atoms with Gasteiger partial charge in [-0.1, -0.05) is 0 Å². The van der Waals surface area contributed by atoms with Crippen molar-refractivity contribution in [3.05, 3.63) is 50.4 Å². The molecule has 0 atom stereocenters. The minimum absolute atomic E-state index is 0.140. The molecule has 18 heavy (non-hydrogen) atoms. The molecule has 0 spiro atoms. The van der Waals surface area contributed by atoms with E-state index in [1.807, 2.05) is 0 Å². The highest BCUT2D eigenvalue weighted by atomic mass is 19.4. The first-order valence-electron chi connectivity index (χ1n) is 4.58. The zero-order valence-electron chi connectivity index (χ0n) is 8.52. The van der Waals surface area contributed by atoms with Crippen molar-refractivity contribution >= 4 is 16.7 Å². The Morgan fingerprint density at radius 1 is 1.28 bits per heavy atom. The monoisotopic (exact) mass is 259 g/mol. The van der Waals surface area contributed by atoms with Crippen molar-refractivity contribution in [2.75, 3.05) is 0 Å². The Hall–Kier alpha value is -2.38. The normalized spacial score (nSPS) is 11.7. The number of nitro groups is 1. The van der Waals surface area contributed by atoms with Crippen LogP contribution in [-0.4, -0.2) is 4.92 Å². The number of hydrogen-bond acceptors (Lipinski definition) is 4. The first-order valence-corrected chi connectivity index (χ1v) is 4.58. The van der Waals surface area contributed by atoms with Crippen LogP contribution in [0.1, 0.15) is 5.56 Å². The summed E-state index contributed by atoms with van der Waals surface area (Å²) < 4.78 is 42.0. The minimum atomic E-state index is -4.86. The van der Waals surface area contributed by atoms with E-state index in [2.05, 4.69) is 4.42 Å². The summed E-state index contributed by atoms with van der Waals surface area (Å²) in [5.74, 6) is 0. The Morgan fingerprint density at radius 3 is 2.50 bits per heavy atom. The molecule has 0 bridgehead atoms. The van der Waals surface area contributed by atoms with Crippen LogP contribution < -0.4 is 5.43 Å². The van der Waals surface area contributed by atoms with E-state index in [9.17, 15) is 28.1 Å². The summed E-state index contributed by atoms with van der Waals surface area (Å²) in [6.07, 6.45) is -4.56. The van der Waals surface area contributed by atoms with Crippen molar-refractivity contribution in [1.29, 1.82) is 0 Å². The average Bonchev–Trinajstić information content (AvgIpc) is 2.27. The highest BCUT2D eigenvalue weighted by Gasteiger charge is 2.35. The lowest BCUT2D eigenvalue weighted by molar-refractivity contribution is -0.384. The Bertz CT molecular complexity index is 690. The number of benzene rings is 1. The molecule has 1 aromatic heterocycles. The Labute approximate surface area is 96.6 Å². The summed E-state index contributed by atoms with van der Waals surface area (Å²) >= 11 is 0. The van der Waals surface area contributed by atoms with Gasteiger partial charge in [-0.25, -0.2) is 0 Å². The minimum Gasteiger partial charge on any atom is -0.463 e. The zero-order valence-corrected chi connectivity index (χ0v) is 8.52. The average molecular weight is 259 g/mol. The van der Waals surface area contributed by atoms with Gasteiger partial charge in [-0.15, -0.1) is 0 Å². The third-order valence-electron chi connectivity index (χ3n) is 2.27. The van der Waals surface area contributed by atoms with Gasteiger partial charge >= 0.3 is 6.18 Å². The lowest BCUT2D eigenvalue weighted by atomic mass is 10.1. The number of non-ortho nitro benzene ring substituents is 1. The fourth-order valence-electron chi connectivity index (χ4n) is 1.43. The molecule has 1 heterocycles. The number of fused-ring (bicyclic) bond motifs is 1. The van der Waals surface area contributed by atoms with Crippen molar-refractivity contribution in [3.8, 4) is 0 Å². The molecular weight excluding hydrogens is 255 g/mol. The molecule has 0 saturated heterocycles. The lowest BCUT2D eigenvalue weighted by Crippen LogP contribution is -2.18. The van der Waals surface area contributed by atoms with E-state index in [0.717, 1.165) is 18.2 Å². The molecule has 1 aromatic carbocycles. The van der Waals surface area contributed by atoms with Gasteiger partial charge in [-0.2, -0.15) is 13.2 Å². The van der Waals surface area contributed by atoms with Gasteiger partial charge in [-0.05, 0) is 6.07 Å². The maximum Gasteiger partial charge on any atom is 0.423 e. The van der Waals surface area contributed by atoms with E-state index in [1.165, 1.54) is 0 Å². The molecule has 0 fully saturated rings. The lowest BCUT2D eigenvalue weighted by Gasteiger charge is -2.05. The molecule has 0 N–H and O–H groups in total. The summed E-state index contributed by atoms with van der Waals surface area (Å²) in [6, 6.07) is 2.88. The maximum absolute atomic E-state index is 12.4. The predicted octanol–water partition coefficient (Wildman–Crippen LogP) is 2.72. The smallest absolute Gasteiger partial charge is 0.423 e. The summed E-state index contributed by atoms with van der Waals surface area (Å²) in [5.41, 5.74) is -3.45. The second kappa shape index (κ2) is 3.83. The van der Waals surface area contributed by atoms with Gasteiger partial charge < -0.3 is 4.42 Å². The summed E-state index contributed by atoms with van der Waals surface area (Å²) in [7, 11) is 0. The third kappa shape index (κ3) is 1.92. The van der Waals surface area contributed by atoms with Crippen LogP contribution in [-0.2, 0) is 6.18 Å². The largest absolute Gasteiger partial charge is 0.463 e. The first kappa shape index (κ1) is 12.1. The first-order chi connectivity index (χ1) is 8.30. The number of halogens is 3. The molecular formula is C10H4F3NO4. The molecule has 2 rings (SSSR count). The molecule has 0 amide bonds.